The molecule has 1 saturated heterocycles. The molecule has 0 saturated carbocycles. The van der Waals surface area contributed by atoms with E-state index in [9.17, 15) is 9.59 Å². The first-order valence-electron chi connectivity index (χ1n) is 3.77. The largest absolute Gasteiger partial charge is 0.292 e. The summed E-state index contributed by atoms with van der Waals surface area (Å²) in [6, 6.07) is 0. The predicted molar refractivity (Wildman–Crippen MR) is 40.8 cm³/mol. The van der Waals surface area contributed by atoms with Crippen LogP contribution in [0, 0.1) is 0 Å². The van der Waals surface area contributed by atoms with E-state index >= 15 is 0 Å². The van der Waals surface area contributed by atoms with Crippen molar-refractivity contribution in [3.05, 3.63) is 11.6 Å². The van der Waals surface area contributed by atoms with Gasteiger partial charge in [-0.25, -0.2) is 0 Å². The standard InChI is InChI=1S/C8H11NO2/c1-2-3-4-6-5-7(10)9-8(6)11/h4H,2-3,5H2,1H3,(H,9,10,11)/b6-4-. The lowest BCUT2D eigenvalue weighted by molar-refractivity contribution is -0.124. The predicted octanol–water partition coefficient (Wildman–Crippen LogP) is 0.759. The van der Waals surface area contributed by atoms with E-state index in [0.29, 0.717) is 5.57 Å². The van der Waals surface area contributed by atoms with E-state index in [2.05, 4.69) is 5.32 Å². The van der Waals surface area contributed by atoms with Crippen LogP contribution in [-0.2, 0) is 9.59 Å². The highest BCUT2D eigenvalue weighted by molar-refractivity contribution is 6.13. The van der Waals surface area contributed by atoms with Crippen molar-refractivity contribution in [2.75, 3.05) is 0 Å². The molecule has 3 heteroatoms. The van der Waals surface area contributed by atoms with E-state index in [4.69, 9.17) is 0 Å². The maximum absolute atomic E-state index is 10.9. The van der Waals surface area contributed by atoms with Crippen molar-refractivity contribution in [1.82, 2.24) is 5.32 Å². The van der Waals surface area contributed by atoms with Crippen molar-refractivity contribution in [3.63, 3.8) is 0 Å². The van der Waals surface area contributed by atoms with Crippen LogP contribution in [0.2, 0.25) is 0 Å². The van der Waals surface area contributed by atoms with Gasteiger partial charge in [0, 0.05) is 5.57 Å². The van der Waals surface area contributed by atoms with Crippen LogP contribution in [0.4, 0.5) is 0 Å². The molecule has 60 valence electrons. The summed E-state index contributed by atoms with van der Waals surface area (Å²) in [4.78, 5) is 21.5. The molecule has 0 bridgehead atoms. The van der Waals surface area contributed by atoms with Crippen LogP contribution in [0.1, 0.15) is 26.2 Å². The summed E-state index contributed by atoms with van der Waals surface area (Å²) in [5, 5.41) is 2.23. The average Bonchev–Trinajstić information content (AvgIpc) is 2.26. The van der Waals surface area contributed by atoms with E-state index in [1.165, 1.54) is 0 Å². The Morgan fingerprint density at radius 1 is 1.55 bits per heavy atom. The van der Waals surface area contributed by atoms with Crippen molar-refractivity contribution in [2.24, 2.45) is 0 Å². The van der Waals surface area contributed by atoms with Gasteiger partial charge in [0.2, 0.25) is 5.91 Å². The smallest absolute Gasteiger partial charge is 0.253 e. The van der Waals surface area contributed by atoms with Gasteiger partial charge in [0.15, 0.2) is 0 Å². The molecular weight excluding hydrogens is 142 g/mol. The minimum absolute atomic E-state index is 0.183. The van der Waals surface area contributed by atoms with Gasteiger partial charge in [-0.3, -0.25) is 14.9 Å². The van der Waals surface area contributed by atoms with Gasteiger partial charge in [-0.15, -0.1) is 0 Å². The lowest BCUT2D eigenvalue weighted by atomic mass is 10.2. The fourth-order valence-electron chi connectivity index (χ4n) is 0.988. The highest BCUT2D eigenvalue weighted by Gasteiger charge is 2.22. The molecule has 0 aliphatic carbocycles. The zero-order chi connectivity index (χ0) is 8.27. The number of nitrogens with one attached hydrogen (secondary N) is 1. The molecule has 1 rings (SSSR count). The van der Waals surface area contributed by atoms with Crippen molar-refractivity contribution >= 4 is 11.8 Å². The maximum Gasteiger partial charge on any atom is 0.253 e. The first kappa shape index (κ1) is 7.98. The number of hydrogen-bond donors (Lipinski definition) is 1. The summed E-state index contributed by atoms with van der Waals surface area (Å²) in [5.74, 6) is -0.402. The summed E-state index contributed by atoms with van der Waals surface area (Å²) >= 11 is 0. The molecule has 1 N–H and O–H groups in total. The highest BCUT2D eigenvalue weighted by Crippen LogP contribution is 2.10. The Hall–Kier alpha value is -1.12. The highest BCUT2D eigenvalue weighted by atomic mass is 16.2. The number of amides is 2. The molecule has 0 radical (unpaired) electrons. The number of carbonyl (C=O) groups excluding carboxylic acids is 2. The van der Waals surface area contributed by atoms with Crippen molar-refractivity contribution < 1.29 is 9.59 Å². The van der Waals surface area contributed by atoms with Gasteiger partial charge in [0.25, 0.3) is 5.91 Å². The van der Waals surface area contributed by atoms with Gasteiger partial charge in [-0.2, -0.15) is 0 Å². The average molecular weight is 153 g/mol. The maximum atomic E-state index is 10.9. The molecule has 0 aromatic heterocycles. The summed E-state index contributed by atoms with van der Waals surface area (Å²) in [6.07, 6.45) is 3.97. The van der Waals surface area contributed by atoms with Crippen LogP contribution in [0.3, 0.4) is 0 Å². The van der Waals surface area contributed by atoms with Gasteiger partial charge >= 0.3 is 0 Å². The molecule has 0 atom stereocenters. The molecule has 3 nitrogen and oxygen atoms in total. The van der Waals surface area contributed by atoms with Gasteiger partial charge in [-0.1, -0.05) is 19.4 Å². The van der Waals surface area contributed by atoms with Gasteiger partial charge < -0.3 is 0 Å². The van der Waals surface area contributed by atoms with Crippen LogP contribution in [0.25, 0.3) is 0 Å². The molecule has 11 heavy (non-hydrogen) atoms. The number of unbranched alkanes of at least 4 members (excludes halogenated alkanes) is 1. The molecular formula is C8H11NO2. The van der Waals surface area contributed by atoms with Crippen LogP contribution in [0.5, 0.6) is 0 Å². The van der Waals surface area contributed by atoms with E-state index in [1.807, 2.05) is 13.0 Å². The Kier molecular flexibility index (Phi) is 2.41. The zero-order valence-electron chi connectivity index (χ0n) is 6.52. The molecule has 2 amide bonds. The minimum atomic E-state index is -0.219. The van der Waals surface area contributed by atoms with Crippen molar-refractivity contribution in [1.29, 1.82) is 0 Å². The Labute approximate surface area is 65.5 Å². The van der Waals surface area contributed by atoms with E-state index in [1.54, 1.807) is 0 Å². The van der Waals surface area contributed by atoms with Crippen LogP contribution >= 0.6 is 0 Å². The topological polar surface area (TPSA) is 46.2 Å². The normalized spacial score (nSPS) is 21.0. The fourth-order valence-corrected chi connectivity index (χ4v) is 0.988. The molecule has 1 fully saturated rings. The van der Waals surface area contributed by atoms with Gasteiger partial charge in [-0.05, 0) is 6.42 Å². The number of rotatable bonds is 2. The summed E-state index contributed by atoms with van der Waals surface area (Å²) < 4.78 is 0. The molecule has 0 spiro atoms. The monoisotopic (exact) mass is 153 g/mol. The van der Waals surface area contributed by atoms with Crippen molar-refractivity contribution in [3.8, 4) is 0 Å². The van der Waals surface area contributed by atoms with Gasteiger partial charge in [0.1, 0.15) is 0 Å². The van der Waals surface area contributed by atoms with E-state index in [-0.39, 0.29) is 18.2 Å². The van der Waals surface area contributed by atoms with E-state index < -0.39 is 0 Å². The first-order valence-corrected chi connectivity index (χ1v) is 3.77. The number of imide groups is 1. The van der Waals surface area contributed by atoms with Crippen LogP contribution < -0.4 is 5.32 Å². The quantitative estimate of drug-likeness (QED) is 0.470. The van der Waals surface area contributed by atoms with E-state index in [0.717, 1.165) is 12.8 Å². The van der Waals surface area contributed by atoms with Crippen LogP contribution in [0.15, 0.2) is 11.6 Å². The molecule has 0 unspecified atom stereocenters. The Morgan fingerprint density at radius 2 is 2.27 bits per heavy atom. The molecule has 1 aliphatic heterocycles. The summed E-state index contributed by atoms with van der Waals surface area (Å²) in [6.45, 7) is 2.03. The van der Waals surface area contributed by atoms with Crippen molar-refractivity contribution in [2.45, 2.75) is 26.2 Å². The number of hydrogen-bond acceptors (Lipinski definition) is 2. The first-order chi connectivity index (χ1) is 5.24. The van der Waals surface area contributed by atoms with Crippen LogP contribution in [-0.4, -0.2) is 11.8 Å². The second-order valence-electron chi connectivity index (χ2n) is 2.57. The Balaban J connectivity index is 2.59. The number of carbonyl (C=O) groups is 2. The lowest BCUT2D eigenvalue weighted by Gasteiger charge is -1.89. The SMILES string of the molecule is CCC/C=C1/CC(=O)NC1=O. The number of allylic oxidation sites excluding steroid dienone is 1. The molecule has 0 aromatic carbocycles. The molecule has 1 heterocycles. The summed E-state index contributed by atoms with van der Waals surface area (Å²) in [7, 11) is 0. The Bertz CT molecular complexity index is 218. The fraction of sp³-hybridized carbons (Fsp3) is 0.500. The molecule has 1 aliphatic rings. The lowest BCUT2D eigenvalue weighted by Crippen LogP contribution is -2.19. The molecule has 0 aromatic rings. The third kappa shape index (κ3) is 1.90. The Morgan fingerprint density at radius 3 is 2.73 bits per heavy atom. The summed E-state index contributed by atoms with van der Waals surface area (Å²) in [5.41, 5.74) is 0.622. The van der Waals surface area contributed by atoms with Gasteiger partial charge in [0.05, 0.1) is 6.42 Å². The zero-order valence-corrected chi connectivity index (χ0v) is 6.52. The third-order valence-corrected chi connectivity index (χ3v) is 1.58. The second-order valence-corrected chi connectivity index (χ2v) is 2.57. The minimum Gasteiger partial charge on any atom is -0.292 e. The third-order valence-electron chi connectivity index (χ3n) is 1.58. The second kappa shape index (κ2) is 3.32.